The minimum Gasteiger partial charge on any atom is -0.399 e. The van der Waals surface area contributed by atoms with Crippen LogP contribution in [0, 0.1) is 0 Å². The molecule has 1 aromatic carbocycles. The average Bonchev–Trinajstić information content (AvgIpc) is 2.85. The maximum atomic E-state index is 5.70. The Bertz CT molecular complexity index is 331. The molecule has 0 aromatic heterocycles. The molecule has 1 saturated heterocycles. The zero-order chi connectivity index (χ0) is 12.1. The lowest BCUT2D eigenvalue weighted by Gasteiger charge is -2.24. The van der Waals surface area contributed by atoms with Gasteiger partial charge in [-0.2, -0.15) is 0 Å². The molecule has 0 amide bonds. The fraction of sp³-hybridized carbons (Fsp3) is 0.571. The molecular weight excluding hydrogens is 212 g/mol. The first kappa shape index (κ1) is 12.2. The van der Waals surface area contributed by atoms with E-state index in [9.17, 15) is 0 Å². The van der Waals surface area contributed by atoms with E-state index in [0.717, 1.165) is 31.8 Å². The lowest BCUT2D eigenvalue weighted by molar-refractivity contribution is 0.106. The molecule has 0 radical (unpaired) electrons. The van der Waals surface area contributed by atoms with Crippen molar-refractivity contribution >= 4 is 11.4 Å². The molecule has 94 valence electrons. The molecule has 1 heterocycles. The van der Waals surface area contributed by atoms with Gasteiger partial charge in [-0.1, -0.05) is 0 Å². The summed E-state index contributed by atoms with van der Waals surface area (Å²) in [5.74, 6) is 0. The summed E-state index contributed by atoms with van der Waals surface area (Å²) < 4.78 is 5.66. The zero-order valence-corrected chi connectivity index (χ0v) is 10.6. The lowest BCUT2D eigenvalue weighted by atomic mass is 10.1. The van der Waals surface area contributed by atoms with Crippen molar-refractivity contribution in [3.05, 3.63) is 24.3 Å². The molecule has 1 atom stereocenters. The molecule has 17 heavy (non-hydrogen) atoms. The van der Waals surface area contributed by atoms with Crippen LogP contribution in [0.2, 0.25) is 0 Å². The Morgan fingerprint density at radius 3 is 2.71 bits per heavy atom. The van der Waals surface area contributed by atoms with Crippen LogP contribution in [-0.4, -0.2) is 25.8 Å². The molecule has 2 N–H and O–H groups in total. The molecule has 1 aromatic rings. The van der Waals surface area contributed by atoms with Gasteiger partial charge in [0.05, 0.1) is 6.10 Å². The van der Waals surface area contributed by atoms with Gasteiger partial charge in [-0.15, -0.1) is 0 Å². The molecule has 2 rings (SSSR count). The van der Waals surface area contributed by atoms with Crippen LogP contribution in [-0.2, 0) is 4.74 Å². The van der Waals surface area contributed by atoms with E-state index in [0.29, 0.717) is 6.10 Å². The van der Waals surface area contributed by atoms with Crippen molar-refractivity contribution in [3.63, 3.8) is 0 Å². The molecule has 0 saturated carbocycles. The van der Waals surface area contributed by atoms with Crippen molar-refractivity contribution < 1.29 is 4.74 Å². The Morgan fingerprint density at radius 2 is 2.12 bits per heavy atom. The largest absolute Gasteiger partial charge is 0.399 e. The van der Waals surface area contributed by atoms with Crippen LogP contribution < -0.4 is 10.6 Å². The van der Waals surface area contributed by atoms with Gasteiger partial charge in [0.2, 0.25) is 0 Å². The van der Waals surface area contributed by atoms with E-state index < -0.39 is 0 Å². The van der Waals surface area contributed by atoms with Crippen LogP contribution >= 0.6 is 0 Å². The molecule has 1 unspecified atom stereocenters. The van der Waals surface area contributed by atoms with Crippen LogP contribution in [0.25, 0.3) is 0 Å². The van der Waals surface area contributed by atoms with Crippen molar-refractivity contribution in [3.8, 4) is 0 Å². The number of nitrogens with zero attached hydrogens (tertiary/aromatic N) is 1. The van der Waals surface area contributed by atoms with Gasteiger partial charge in [-0.3, -0.25) is 0 Å². The molecule has 1 aliphatic rings. The van der Waals surface area contributed by atoms with Crippen molar-refractivity contribution in [1.82, 2.24) is 0 Å². The van der Waals surface area contributed by atoms with Gasteiger partial charge in [0.15, 0.2) is 0 Å². The second kappa shape index (κ2) is 5.92. The normalized spacial score (nSPS) is 19.5. The number of nitrogens with two attached hydrogens (primary N) is 1. The molecular formula is C14H22N2O. The monoisotopic (exact) mass is 234 g/mol. The van der Waals surface area contributed by atoms with Crippen molar-refractivity contribution in [2.24, 2.45) is 0 Å². The first-order valence-corrected chi connectivity index (χ1v) is 6.51. The zero-order valence-electron chi connectivity index (χ0n) is 10.6. The van der Waals surface area contributed by atoms with Gasteiger partial charge < -0.3 is 15.4 Å². The predicted octanol–water partition coefficient (Wildman–Crippen LogP) is 2.66. The van der Waals surface area contributed by atoms with E-state index in [1.165, 1.54) is 18.5 Å². The second-order valence-corrected chi connectivity index (χ2v) is 4.59. The number of hydrogen-bond acceptors (Lipinski definition) is 3. The highest BCUT2D eigenvalue weighted by atomic mass is 16.5. The number of benzene rings is 1. The fourth-order valence-electron chi connectivity index (χ4n) is 2.33. The van der Waals surface area contributed by atoms with E-state index in [1.54, 1.807) is 0 Å². The first-order valence-electron chi connectivity index (χ1n) is 6.51. The summed E-state index contributed by atoms with van der Waals surface area (Å²) >= 11 is 0. The summed E-state index contributed by atoms with van der Waals surface area (Å²) in [6.45, 7) is 5.21. The third-order valence-electron chi connectivity index (χ3n) is 3.38. The van der Waals surface area contributed by atoms with Crippen LogP contribution in [0.1, 0.15) is 26.2 Å². The molecule has 1 aliphatic heterocycles. The summed E-state index contributed by atoms with van der Waals surface area (Å²) in [6.07, 6.45) is 4.04. The fourth-order valence-corrected chi connectivity index (χ4v) is 2.33. The highest BCUT2D eigenvalue weighted by Gasteiger charge is 2.16. The second-order valence-electron chi connectivity index (χ2n) is 4.59. The Morgan fingerprint density at radius 1 is 1.35 bits per heavy atom. The Hall–Kier alpha value is -1.22. The highest BCUT2D eigenvalue weighted by molar-refractivity contribution is 5.52. The summed E-state index contributed by atoms with van der Waals surface area (Å²) in [4.78, 5) is 2.38. The van der Waals surface area contributed by atoms with E-state index in [1.807, 2.05) is 12.1 Å². The molecule has 0 spiro atoms. The van der Waals surface area contributed by atoms with Gasteiger partial charge in [-0.25, -0.2) is 0 Å². The highest BCUT2D eigenvalue weighted by Crippen LogP contribution is 2.20. The topological polar surface area (TPSA) is 38.5 Å². The van der Waals surface area contributed by atoms with Gasteiger partial charge in [-0.05, 0) is 50.5 Å². The van der Waals surface area contributed by atoms with Crippen molar-refractivity contribution in [2.45, 2.75) is 32.3 Å². The van der Waals surface area contributed by atoms with E-state index in [2.05, 4.69) is 24.0 Å². The molecule has 3 heteroatoms. The predicted molar refractivity (Wildman–Crippen MR) is 72.3 cm³/mol. The standard InChI is InChI=1S/C14H22N2O/c1-2-16(10-9-14-4-3-11-17-14)13-7-5-12(15)6-8-13/h5-8,14H,2-4,9-11,15H2,1H3. The maximum Gasteiger partial charge on any atom is 0.0592 e. The summed E-state index contributed by atoms with van der Waals surface area (Å²) in [7, 11) is 0. The summed E-state index contributed by atoms with van der Waals surface area (Å²) in [5, 5.41) is 0. The number of anilines is 2. The van der Waals surface area contributed by atoms with Gasteiger partial charge >= 0.3 is 0 Å². The average molecular weight is 234 g/mol. The number of nitrogen functional groups attached to an aromatic ring is 1. The lowest BCUT2D eigenvalue weighted by Crippen LogP contribution is -2.26. The Labute approximate surface area is 104 Å². The van der Waals surface area contributed by atoms with Gasteiger partial charge in [0.25, 0.3) is 0 Å². The van der Waals surface area contributed by atoms with Gasteiger partial charge in [0, 0.05) is 31.1 Å². The minimum atomic E-state index is 0.470. The molecule has 0 bridgehead atoms. The number of hydrogen-bond donors (Lipinski definition) is 1. The molecule has 3 nitrogen and oxygen atoms in total. The van der Waals surface area contributed by atoms with Crippen molar-refractivity contribution in [2.75, 3.05) is 30.3 Å². The number of rotatable bonds is 5. The SMILES string of the molecule is CCN(CCC1CCCO1)c1ccc(N)cc1. The Kier molecular flexibility index (Phi) is 4.26. The van der Waals surface area contributed by atoms with E-state index >= 15 is 0 Å². The van der Waals surface area contributed by atoms with Crippen LogP contribution in [0.3, 0.4) is 0 Å². The van der Waals surface area contributed by atoms with Gasteiger partial charge in [0.1, 0.15) is 0 Å². The first-order chi connectivity index (χ1) is 8.29. The summed E-state index contributed by atoms with van der Waals surface area (Å²) in [6, 6.07) is 8.11. The smallest absolute Gasteiger partial charge is 0.0592 e. The quantitative estimate of drug-likeness (QED) is 0.796. The van der Waals surface area contributed by atoms with Crippen LogP contribution in [0.5, 0.6) is 0 Å². The summed E-state index contributed by atoms with van der Waals surface area (Å²) in [5.41, 5.74) is 7.78. The third-order valence-corrected chi connectivity index (χ3v) is 3.38. The van der Waals surface area contributed by atoms with E-state index in [-0.39, 0.29) is 0 Å². The number of ether oxygens (including phenoxy) is 1. The molecule has 1 fully saturated rings. The third kappa shape index (κ3) is 3.37. The minimum absolute atomic E-state index is 0.470. The van der Waals surface area contributed by atoms with Crippen molar-refractivity contribution in [1.29, 1.82) is 0 Å². The van der Waals surface area contributed by atoms with Crippen LogP contribution in [0.15, 0.2) is 24.3 Å². The molecule has 0 aliphatic carbocycles. The van der Waals surface area contributed by atoms with Crippen LogP contribution in [0.4, 0.5) is 11.4 Å². The Balaban J connectivity index is 1.89. The maximum absolute atomic E-state index is 5.70. The van der Waals surface area contributed by atoms with E-state index in [4.69, 9.17) is 10.5 Å².